The number of para-hydroxylation sites is 1. The Morgan fingerprint density at radius 3 is 2.73 bits per heavy atom. The molecule has 1 heterocycles. The predicted octanol–water partition coefficient (Wildman–Crippen LogP) is 3.15. The number of fused-ring (bicyclic) bond motifs is 1. The maximum absolute atomic E-state index is 13.1. The Hall–Kier alpha value is -2.01. The molecule has 3 rings (SSSR count). The number of nitrogens with zero attached hydrogens (tertiary/aromatic N) is 1. The third-order valence-electron chi connectivity index (χ3n) is 3.81. The van der Waals surface area contributed by atoms with Gasteiger partial charge in [-0.2, -0.15) is 0 Å². The smallest absolute Gasteiger partial charge is 0.268 e. The number of sulfonamides is 1. The van der Waals surface area contributed by atoms with Crippen molar-refractivity contribution in [3.8, 4) is 5.75 Å². The Morgan fingerprint density at radius 2 is 1.95 bits per heavy atom. The van der Waals surface area contributed by atoms with Crippen LogP contribution in [0.2, 0.25) is 0 Å². The highest BCUT2D eigenvalue weighted by Gasteiger charge is 2.32. The highest BCUT2D eigenvalue weighted by Crippen LogP contribution is 2.35. The van der Waals surface area contributed by atoms with Crippen LogP contribution in [0.15, 0.2) is 47.4 Å². The number of hydrogen-bond acceptors (Lipinski definition) is 3. The number of aryl methyl sites for hydroxylation is 1. The van der Waals surface area contributed by atoms with E-state index < -0.39 is 10.0 Å². The molecule has 0 aromatic heterocycles. The van der Waals surface area contributed by atoms with Crippen LogP contribution in [0.4, 0.5) is 5.69 Å². The maximum atomic E-state index is 13.1. The van der Waals surface area contributed by atoms with Gasteiger partial charge in [-0.15, -0.1) is 0 Å². The summed E-state index contributed by atoms with van der Waals surface area (Å²) in [5, 5.41) is 0. The van der Waals surface area contributed by atoms with Gasteiger partial charge in [-0.25, -0.2) is 8.42 Å². The fourth-order valence-corrected chi connectivity index (χ4v) is 4.39. The SMILES string of the molecule is CCOc1cc(C)ccc1S(=O)(=O)N1CCc2ccccc21. The highest BCUT2D eigenvalue weighted by molar-refractivity contribution is 7.93. The second-order valence-electron chi connectivity index (χ2n) is 5.34. The van der Waals surface area contributed by atoms with E-state index in [9.17, 15) is 8.42 Å². The van der Waals surface area contributed by atoms with Crippen molar-refractivity contribution in [1.82, 2.24) is 0 Å². The van der Waals surface area contributed by atoms with Crippen molar-refractivity contribution in [3.05, 3.63) is 53.6 Å². The summed E-state index contributed by atoms with van der Waals surface area (Å²) in [5.41, 5.74) is 2.81. The molecule has 1 aliphatic heterocycles. The van der Waals surface area contributed by atoms with E-state index in [1.54, 1.807) is 18.2 Å². The molecule has 0 saturated carbocycles. The summed E-state index contributed by atoms with van der Waals surface area (Å²) >= 11 is 0. The molecule has 4 nitrogen and oxygen atoms in total. The van der Waals surface area contributed by atoms with Gasteiger partial charge in [0.05, 0.1) is 12.3 Å². The number of anilines is 1. The summed E-state index contributed by atoms with van der Waals surface area (Å²) in [5.74, 6) is 0.423. The molecule has 0 N–H and O–H groups in total. The van der Waals surface area contributed by atoms with Crippen LogP contribution in [0.25, 0.3) is 0 Å². The quantitative estimate of drug-likeness (QED) is 0.870. The van der Waals surface area contributed by atoms with Gasteiger partial charge >= 0.3 is 0 Å². The molecule has 0 unspecified atom stereocenters. The van der Waals surface area contributed by atoms with Gasteiger partial charge < -0.3 is 4.74 Å². The van der Waals surface area contributed by atoms with Crippen LogP contribution in [0, 0.1) is 6.92 Å². The van der Waals surface area contributed by atoms with Crippen molar-refractivity contribution in [2.75, 3.05) is 17.5 Å². The molecule has 0 bridgehead atoms. The van der Waals surface area contributed by atoms with Crippen LogP contribution in [-0.4, -0.2) is 21.6 Å². The Morgan fingerprint density at radius 1 is 1.18 bits per heavy atom. The molecule has 22 heavy (non-hydrogen) atoms. The minimum absolute atomic E-state index is 0.233. The summed E-state index contributed by atoms with van der Waals surface area (Å²) in [6.07, 6.45) is 0.741. The van der Waals surface area contributed by atoms with Crippen LogP contribution in [0.1, 0.15) is 18.1 Å². The molecular weight excluding hydrogens is 298 g/mol. The fraction of sp³-hybridized carbons (Fsp3) is 0.294. The number of benzene rings is 2. The summed E-state index contributed by atoms with van der Waals surface area (Å²) in [6, 6.07) is 12.8. The van der Waals surface area contributed by atoms with Gasteiger partial charge in [-0.1, -0.05) is 24.3 Å². The molecule has 2 aromatic rings. The summed E-state index contributed by atoms with van der Waals surface area (Å²) < 4.78 is 33.1. The Bertz CT molecular complexity index is 799. The maximum Gasteiger partial charge on any atom is 0.268 e. The molecule has 0 atom stereocenters. The number of rotatable bonds is 4. The van der Waals surface area contributed by atoms with Crippen LogP contribution in [0.5, 0.6) is 5.75 Å². The number of ether oxygens (including phenoxy) is 1. The minimum atomic E-state index is -3.61. The topological polar surface area (TPSA) is 46.6 Å². The standard InChI is InChI=1S/C17H19NO3S/c1-3-21-16-12-13(2)8-9-17(16)22(19,20)18-11-10-14-6-4-5-7-15(14)18/h4-9,12H,3,10-11H2,1-2H3. The zero-order chi connectivity index (χ0) is 15.7. The van der Waals surface area contributed by atoms with E-state index in [-0.39, 0.29) is 4.90 Å². The summed E-state index contributed by atoms with van der Waals surface area (Å²) in [7, 11) is -3.61. The van der Waals surface area contributed by atoms with Crippen molar-refractivity contribution in [1.29, 1.82) is 0 Å². The molecular formula is C17H19NO3S. The van der Waals surface area contributed by atoms with Gasteiger partial charge in [0, 0.05) is 6.54 Å². The minimum Gasteiger partial charge on any atom is -0.492 e. The molecule has 0 aliphatic carbocycles. The second-order valence-corrected chi connectivity index (χ2v) is 7.17. The predicted molar refractivity (Wildman–Crippen MR) is 87.0 cm³/mol. The van der Waals surface area contributed by atoms with E-state index in [4.69, 9.17) is 4.74 Å². The Kier molecular flexibility index (Phi) is 3.83. The van der Waals surface area contributed by atoms with E-state index >= 15 is 0 Å². The first-order valence-electron chi connectivity index (χ1n) is 7.38. The van der Waals surface area contributed by atoms with Crippen molar-refractivity contribution in [3.63, 3.8) is 0 Å². The van der Waals surface area contributed by atoms with Crippen molar-refractivity contribution in [2.45, 2.75) is 25.2 Å². The van der Waals surface area contributed by atoms with Crippen molar-refractivity contribution < 1.29 is 13.2 Å². The van der Waals surface area contributed by atoms with Crippen LogP contribution < -0.4 is 9.04 Å². The Balaban J connectivity index is 2.08. The molecule has 0 radical (unpaired) electrons. The molecule has 0 fully saturated rings. The van der Waals surface area contributed by atoms with E-state index in [0.717, 1.165) is 23.2 Å². The van der Waals surface area contributed by atoms with Crippen LogP contribution in [-0.2, 0) is 16.4 Å². The summed E-state index contributed by atoms with van der Waals surface area (Å²) in [4.78, 5) is 0.233. The second kappa shape index (κ2) is 5.65. The molecule has 2 aromatic carbocycles. The Labute approximate surface area is 131 Å². The van der Waals surface area contributed by atoms with E-state index in [2.05, 4.69) is 0 Å². The third-order valence-corrected chi connectivity index (χ3v) is 5.66. The third kappa shape index (κ3) is 2.46. The molecule has 0 spiro atoms. The lowest BCUT2D eigenvalue weighted by Crippen LogP contribution is -2.29. The number of hydrogen-bond donors (Lipinski definition) is 0. The first kappa shape index (κ1) is 14.9. The van der Waals surface area contributed by atoms with Gasteiger partial charge in [0.15, 0.2) is 0 Å². The lowest BCUT2D eigenvalue weighted by Gasteiger charge is -2.21. The molecule has 0 amide bonds. The van der Waals surface area contributed by atoms with Crippen molar-refractivity contribution in [2.24, 2.45) is 0 Å². The van der Waals surface area contributed by atoms with Gasteiger partial charge in [0.2, 0.25) is 0 Å². The fourth-order valence-electron chi connectivity index (χ4n) is 2.77. The summed E-state index contributed by atoms with van der Waals surface area (Å²) in [6.45, 7) is 4.68. The normalized spacial score (nSPS) is 14.0. The molecule has 5 heteroatoms. The van der Waals surface area contributed by atoms with Crippen LogP contribution >= 0.6 is 0 Å². The largest absolute Gasteiger partial charge is 0.492 e. The van der Waals surface area contributed by atoms with E-state index in [1.807, 2.05) is 38.1 Å². The van der Waals surface area contributed by atoms with Gasteiger partial charge in [-0.05, 0) is 49.6 Å². The van der Waals surface area contributed by atoms with E-state index in [1.165, 1.54) is 4.31 Å². The average Bonchev–Trinajstić information content (AvgIpc) is 2.92. The monoisotopic (exact) mass is 317 g/mol. The van der Waals surface area contributed by atoms with Gasteiger partial charge in [-0.3, -0.25) is 4.31 Å². The first-order valence-corrected chi connectivity index (χ1v) is 8.82. The van der Waals surface area contributed by atoms with E-state index in [0.29, 0.717) is 18.9 Å². The van der Waals surface area contributed by atoms with Gasteiger partial charge in [0.1, 0.15) is 10.6 Å². The molecule has 0 saturated heterocycles. The lowest BCUT2D eigenvalue weighted by atomic mass is 10.2. The van der Waals surface area contributed by atoms with Crippen LogP contribution in [0.3, 0.4) is 0 Å². The van der Waals surface area contributed by atoms with Gasteiger partial charge in [0.25, 0.3) is 10.0 Å². The highest BCUT2D eigenvalue weighted by atomic mass is 32.2. The molecule has 116 valence electrons. The average molecular weight is 317 g/mol. The molecule has 1 aliphatic rings. The first-order chi connectivity index (χ1) is 10.5. The zero-order valence-electron chi connectivity index (χ0n) is 12.7. The zero-order valence-corrected chi connectivity index (χ0v) is 13.6. The van der Waals surface area contributed by atoms with Crippen molar-refractivity contribution >= 4 is 15.7 Å². The lowest BCUT2D eigenvalue weighted by molar-refractivity contribution is 0.331.